The van der Waals surface area contributed by atoms with E-state index in [1.807, 2.05) is 11.3 Å². The normalized spacial score (nSPS) is 12.9. The lowest BCUT2D eigenvalue weighted by atomic mass is 10.2. The van der Waals surface area contributed by atoms with Crippen LogP contribution in [0, 0.1) is 6.92 Å². The van der Waals surface area contributed by atoms with E-state index in [9.17, 15) is 0 Å². The SMILES string of the molecule is CCCC(NCCOC)c1nc(CC)c(C)s1. The van der Waals surface area contributed by atoms with E-state index >= 15 is 0 Å². The van der Waals surface area contributed by atoms with Crippen molar-refractivity contribution in [3.8, 4) is 0 Å². The smallest absolute Gasteiger partial charge is 0.110 e. The number of hydrogen-bond donors (Lipinski definition) is 1. The Balaban J connectivity index is 2.67. The standard InChI is InChI=1S/C13H24N2OS/c1-5-7-12(14-8-9-16-4)13-15-11(6-2)10(3)17-13/h12,14H,5-9H2,1-4H3. The van der Waals surface area contributed by atoms with Gasteiger partial charge in [-0.2, -0.15) is 0 Å². The van der Waals surface area contributed by atoms with Crippen LogP contribution in [-0.2, 0) is 11.2 Å². The molecule has 1 atom stereocenters. The highest BCUT2D eigenvalue weighted by atomic mass is 32.1. The van der Waals surface area contributed by atoms with Crippen LogP contribution in [0.15, 0.2) is 0 Å². The first-order chi connectivity index (χ1) is 8.22. The molecule has 0 radical (unpaired) electrons. The van der Waals surface area contributed by atoms with Crippen LogP contribution in [-0.4, -0.2) is 25.2 Å². The van der Waals surface area contributed by atoms with Crippen molar-refractivity contribution in [1.29, 1.82) is 0 Å². The summed E-state index contributed by atoms with van der Waals surface area (Å²) in [4.78, 5) is 6.10. The highest BCUT2D eigenvalue weighted by Gasteiger charge is 2.15. The zero-order valence-electron chi connectivity index (χ0n) is 11.4. The molecule has 1 aromatic rings. The van der Waals surface area contributed by atoms with Crippen molar-refractivity contribution in [2.75, 3.05) is 20.3 Å². The van der Waals surface area contributed by atoms with Gasteiger partial charge in [-0.3, -0.25) is 0 Å². The lowest BCUT2D eigenvalue weighted by Crippen LogP contribution is -2.25. The van der Waals surface area contributed by atoms with Gasteiger partial charge in [0, 0.05) is 18.5 Å². The maximum Gasteiger partial charge on any atom is 0.110 e. The molecule has 1 aromatic heterocycles. The molecule has 0 spiro atoms. The van der Waals surface area contributed by atoms with Gasteiger partial charge in [0.15, 0.2) is 0 Å². The summed E-state index contributed by atoms with van der Waals surface area (Å²) in [5.74, 6) is 0. The van der Waals surface area contributed by atoms with Crippen LogP contribution in [0.1, 0.15) is 48.3 Å². The zero-order valence-corrected chi connectivity index (χ0v) is 12.2. The van der Waals surface area contributed by atoms with Gasteiger partial charge in [0.05, 0.1) is 18.3 Å². The van der Waals surface area contributed by atoms with Crippen LogP contribution in [0.3, 0.4) is 0 Å². The Bertz CT molecular complexity index is 325. The fourth-order valence-corrected chi connectivity index (χ4v) is 2.98. The molecule has 0 aliphatic carbocycles. The Morgan fingerprint density at radius 3 is 2.71 bits per heavy atom. The summed E-state index contributed by atoms with van der Waals surface area (Å²) < 4.78 is 5.08. The summed E-state index contributed by atoms with van der Waals surface area (Å²) in [6.45, 7) is 8.19. The van der Waals surface area contributed by atoms with Gasteiger partial charge in [0.1, 0.15) is 5.01 Å². The lowest BCUT2D eigenvalue weighted by molar-refractivity contribution is 0.195. The van der Waals surface area contributed by atoms with E-state index in [-0.39, 0.29) is 0 Å². The Hall–Kier alpha value is -0.450. The minimum atomic E-state index is 0.388. The number of rotatable bonds is 8. The fraction of sp³-hybridized carbons (Fsp3) is 0.769. The third kappa shape index (κ3) is 4.37. The summed E-state index contributed by atoms with van der Waals surface area (Å²) in [5.41, 5.74) is 1.25. The molecule has 0 fully saturated rings. The quantitative estimate of drug-likeness (QED) is 0.726. The van der Waals surface area contributed by atoms with E-state index in [4.69, 9.17) is 9.72 Å². The van der Waals surface area contributed by atoms with Crippen molar-refractivity contribution in [1.82, 2.24) is 10.3 Å². The molecule has 1 rings (SSSR count). The molecule has 0 aliphatic rings. The van der Waals surface area contributed by atoms with Gasteiger partial charge < -0.3 is 10.1 Å². The molecule has 1 unspecified atom stereocenters. The minimum absolute atomic E-state index is 0.388. The van der Waals surface area contributed by atoms with Gasteiger partial charge in [-0.25, -0.2) is 4.98 Å². The van der Waals surface area contributed by atoms with E-state index in [2.05, 4.69) is 26.1 Å². The molecule has 98 valence electrons. The van der Waals surface area contributed by atoms with Gasteiger partial charge in [0.2, 0.25) is 0 Å². The van der Waals surface area contributed by atoms with E-state index in [0.29, 0.717) is 6.04 Å². The van der Waals surface area contributed by atoms with Gasteiger partial charge in [-0.15, -0.1) is 11.3 Å². The maximum absolute atomic E-state index is 5.08. The molecule has 0 saturated heterocycles. The molecule has 0 aliphatic heterocycles. The van der Waals surface area contributed by atoms with Crippen LogP contribution in [0.25, 0.3) is 0 Å². The van der Waals surface area contributed by atoms with Crippen molar-refractivity contribution in [2.24, 2.45) is 0 Å². The van der Waals surface area contributed by atoms with E-state index in [1.165, 1.54) is 22.0 Å². The van der Waals surface area contributed by atoms with Crippen molar-refractivity contribution in [3.63, 3.8) is 0 Å². The second-order valence-corrected chi connectivity index (χ2v) is 5.43. The highest BCUT2D eigenvalue weighted by Crippen LogP contribution is 2.26. The largest absolute Gasteiger partial charge is 0.383 e. The molecule has 0 saturated carbocycles. The number of nitrogens with one attached hydrogen (secondary N) is 1. The Morgan fingerprint density at radius 1 is 1.41 bits per heavy atom. The molecule has 1 N–H and O–H groups in total. The summed E-state index contributed by atoms with van der Waals surface area (Å²) in [6.07, 6.45) is 3.34. The number of hydrogen-bond acceptors (Lipinski definition) is 4. The lowest BCUT2D eigenvalue weighted by Gasteiger charge is -2.15. The van der Waals surface area contributed by atoms with Crippen LogP contribution in [0.2, 0.25) is 0 Å². The third-order valence-corrected chi connectivity index (χ3v) is 3.94. The maximum atomic E-state index is 5.08. The zero-order chi connectivity index (χ0) is 12.7. The van der Waals surface area contributed by atoms with Gasteiger partial charge >= 0.3 is 0 Å². The molecule has 3 nitrogen and oxygen atoms in total. The van der Waals surface area contributed by atoms with Crippen molar-refractivity contribution < 1.29 is 4.74 Å². The average molecular weight is 256 g/mol. The number of thiazole rings is 1. The highest BCUT2D eigenvalue weighted by molar-refractivity contribution is 7.11. The molecule has 1 heterocycles. The number of aryl methyl sites for hydroxylation is 2. The van der Waals surface area contributed by atoms with Crippen molar-refractivity contribution >= 4 is 11.3 Å². The van der Waals surface area contributed by atoms with Crippen molar-refractivity contribution in [3.05, 3.63) is 15.6 Å². The Morgan fingerprint density at radius 2 is 2.18 bits per heavy atom. The Kier molecular flexibility index (Phi) is 6.70. The first kappa shape index (κ1) is 14.6. The molecular weight excluding hydrogens is 232 g/mol. The molecule has 17 heavy (non-hydrogen) atoms. The molecule has 4 heteroatoms. The van der Waals surface area contributed by atoms with Crippen LogP contribution in [0.4, 0.5) is 0 Å². The van der Waals surface area contributed by atoms with Crippen LogP contribution >= 0.6 is 11.3 Å². The molecule has 0 amide bonds. The average Bonchev–Trinajstić information content (AvgIpc) is 2.69. The summed E-state index contributed by atoms with van der Waals surface area (Å²) in [5, 5.41) is 4.76. The van der Waals surface area contributed by atoms with E-state index in [0.717, 1.165) is 26.0 Å². The number of nitrogens with zero attached hydrogens (tertiary/aromatic N) is 1. The van der Waals surface area contributed by atoms with Crippen molar-refractivity contribution in [2.45, 2.75) is 46.1 Å². The number of methoxy groups -OCH3 is 1. The molecule has 0 bridgehead atoms. The summed E-state index contributed by atoms with van der Waals surface area (Å²) >= 11 is 1.83. The molecular formula is C13H24N2OS. The molecule has 0 aromatic carbocycles. The minimum Gasteiger partial charge on any atom is -0.383 e. The van der Waals surface area contributed by atoms with Crippen LogP contribution < -0.4 is 5.32 Å². The first-order valence-electron chi connectivity index (χ1n) is 6.41. The second kappa shape index (κ2) is 7.80. The first-order valence-corrected chi connectivity index (χ1v) is 7.23. The third-order valence-electron chi connectivity index (χ3n) is 2.82. The monoisotopic (exact) mass is 256 g/mol. The second-order valence-electron chi connectivity index (χ2n) is 4.20. The predicted molar refractivity (Wildman–Crippen MR) is 73.8 cm³/mol. The number of ether oxygens (including phenoxy) is 1. The number of aromatic nitrogens is 1. The predicted octanol–water partition coefficient (Wildman–Crippen LogP) is 3.09. The summed E-state index contributed by atoms with van der Waals surface area (Å²) in [7, 11) is 1.74. The Labute approximate surface area is 109 Å². The van der Waals surface area contributed by atoms with Crippen LogP contribution in [0.5, 0.6) is 0 Å². The fourth-order valence-electron chi connectivity index (χ4n) is 1.86. The van der Waals surface area contributed by atoms with Gasteiger partial charge in [-0.05, 0) is 19.8 Å². The van der Waals surface area contributed by atoms with E-state index < -0.39 is 0 Å². The van der Waals surface area contributed by atoms with Gasteiger partial charge in [0.25, 0.3) is 0 Å². The topological polar surface area (TPSA) is 34.1 Å². The van der Waals surface area contributed by atoms with E-state index in [1.54, 1.807) is 7.11 Å². The summed E-state index contributed by atoms with van der Waals surface area (Å²) in [6, 6.07) is 0.388. The van der Waals surface area contributed by atoms with Gasteiger partial charge in [-0.1, -0.05) is 20.3 Å².